The second kappa shape index (κ2) is 9.05. The van der Waals surface area contributed by atoms with Crippen molar-refractivity contribution < 1.29 is 22.7 Å². The van der Waals surface area contributed by atoms with E-state index in [1.54, 1.807) is 18.2 Å². The largest absolute Gasteiger partial charge is 0.414 e. The molecule has 2 aromatic rings. The molecule has 0 spiro atoms. The maximum Gasteiger partial charge on any atom is 0.352 e. The number of nitrogens with zero attached hydrogens (tertiary/aromatic N) is 2. The zero-order valence-corrected chi connectivity index (χ0v) is 19.7. The number of anilines is 1. The summed E-state index contributed by atoms with van der Waals surface area (Å²) in [6, 6.07) is 8.09. The van der Waals surface area contributed by atoms with Crippen LogP contribution in [0.15, 0.2) is 53.2 Å². The lowest BCUT2D eigenvalue weighted by atomic mass is 10.2. The molecule has 2 heterocycles. The molecule has 0 aliphatic carbocycles. The Morgan fingerprint density at radius 2 is 1.91 bits per heavy atom. The van der Waals surface area contributed by atoms with Gasteiger partial charge in [0.25, 0.3) is 5.91 Å². The number of carbonyl (C=O) groups is 1. The van der Waals surface area contributed by atoms with Gasteiger partial charge in [0.15, 0.2) is 26.2 Å². The molecule has 2 atom stereocenters. The van der Waals surface area contributed by atoms with Crippen molar-refractivity contribution >= 4 is 20.0 Å². The lowest BCUT2D eigenvalue weighted by molar-refractivity contribution is -0.0195. The van der Waals surface area contributed by atoms with Gasteiger partial charge in [-0.2, -0.15) is 4.98 Å². The number of amides is 1. The predicted molar refractivity (Wildman–Crippen MR) is 119 cm³/mol. The van der Waals surface area contributed by atoms with E-state index >= 15 is 0 Å². The van der Waals surface area contributed by atoms with Crippen LogP contribution in [0.5, 0.6) is 0 Å². The Bertz CT molecular complexity index is 1080. The third kappa shape index (κ3) is 5.20. The van der Waals surface area contributed by atoms with Gasteiger partial charge < -0.3 is 14.5 Å². The average Bonchev–Trinajstić information content (AvgIpc) is 3.09. The van der Waals surface area contributed by atoms with E-state index in [0.717, 1.165) is 6.20 Å². The molecule has 0 saturated carbocycles. The van der Waals surface area contributed by atoms with Crippen molar-refractivity contribution in [2.75, 3.05) is 11.9 Å². The van der Waals surface area contributed by atoms with Gasteiger partial charge in [0.1, 0.15) is 11.9 Å². The Morgan fingerprint density at radius 1 is 1.25 bits per heavy atom. The summed E-state index contributed by atoms with van der Waals surface area (Å²) in [4.78, 5) is 28.2. The topological polar surface area (TPSA) is 82.5 Å². The van der Waals surface area contributed by atoms with Gasteiger partial charge in [-0.3, -0.25) is 9.36 Å². The number of benzene rings is 1. The number of nitrogens with one attached hydrogen (secondary N) is 1. The third-order valence-corrected chi connectivity index (χ3v) is 10.2. The highest BCUT2D eigenvalue weighted by Gasteiger charge is 2.39. The molecular formula is C22H27F2N3O4Si. The normalized spacial score (nSPS) is 19.0. The van der Waals surface area contributed by atoms with Crippen LogP contribution in [0, 0.1) is 5.82 Å². The van der Waals surface area contributed by atoms with E-state index in [4.69, 9.17) is 9.16 Å². The van der Waals surface area contributed by atoms with Gasteiger partial charge in [-0.1, -0.05) is 39.0 Å². The summed E-state index contributed by atoms with van der Waals surface area (Å²) in [5.74, 6) is -2.90. The zero-order chi connectivity index (χ0) is 23.7. The molecular weight excluding hydrogens is 436 g/mol. The molecule has 0 bridgehead atoms. The summed E-state index contributed by atoms with van der Waals surface area (Å²) in [5.41, 5.74) is -0.690. The van der Waals surface area contributed by atoms with Crippen molar-refractivity contribution in [3.63, 3.8) is 0 Å². The molecule has 0 radical (unpaired) electrons. The monoisotopic (exact) mass is 463 g/mol. The van der Waals surface area contributed by atoms with Crippen molar-refractivity contribution in [2.45, 2.75) is 51.2 Å². The number of hydrogen-bond donors (Lipinski definition) is 1. The third-order valence-electron chi connectivity index (χ3n) is 5.73. The molecule has 172 valence electrons. The van der Waals surface area contributed by atoms with Crippen LogP contribution in [0.25, 0.3) is 0 Å². The van der Waals surface area contributed by atoms with Gasteiger partial charge >= 0.3 is 5.69 Å². The van der Waals surface area contributed by atoms with Gasteiger partial charge in [-0.15, -0.1) is 0 Å². The Labute approximate surface area is 186 Å². The molecule has 0 unspecified atom stereocenters. The molecule has 0 saturated heterocycles. The maximum absolute atomic E-state index is 14.6. The smallest absolute Gasteiger partial charge is 0.352 e. The first-order valence-electron chi connectivity index (χ1n) is 10.2. The first-order valence-corrected chi connectivity index (χ1v) is 13.1. The van der Waals surface area contributed by atoms with Crippen molar-refractivity contribution in [3.8, 4) is 0 Å². The SMILES string of the molecule is CC(C)(C)[Si](C)(C)OC[C@H]1C=C(F)[C@H](n2cc(F)c(NC(=O)c3ccccc3)nc2=O)O1. The van der Waals surface area contributed by atoms with E-state index in [2.05, 4.69) is 44.2 Å². The minimum absolute atomic E-state index is 0.0305. The summed E-state index contributed by atoms with van der Waals surface area (Å²) >= 11 is 0. The van der Waals surface area contributed by atoms with E-state index in [1.165, 1.54) is 18.2 Å². The van der Waals surface area contributed by atoms with E-state index in [1.807, 2.05) is 0 Å². The summed E-state index contributed by atoms with van der Waals surface area (Å²) in [7, 11) is -2.08. The molecule has 0 fully saturated rings. The van der Waals surface area contributed by atoms with Gasteiger partial charge in [0.2, 0.25) is 0 Å². The molecule has 10 heteroatoms. The number of carbonyl (C=O) groups excluding carboxylic acids is 1. The van der Waals surface area contributed by atoms with E-state index in [0.29, 0.717) is 4.57 Å². The van der Waals surface area contributed by atoms with Gasteiger partial charge in [-0.05, 0) is 36.3 Å². The minimum atomic E-state index is -2.08. The highest BCUT2D eigenvalue weighted by Crippen LogP contribution is 2.37. The van der Waals surface area contributed by atoms with Crippen LogP contribution in [0.1, 0.15) is 37.4 Å². The first kappa shape index (κ1) is 24.0. The average molecular weight is 464 g/mol. The summed E-state index contributed by atoms with van der Waals surface area (Å²) in [5, 5.41) is 2.22. The number of rotatable bonds is 6. The Morgan fingerprint density at radius 3 is 2.53 bits per heavy atom. The fourth-order valence-corrected chi connectivity index (χ4v) is 3.81. The lowest BCUT2D eigenvalue weighted by Gasteiger charge is -2.36. The van der Waals surface area contributed by atoms with Crippen LogP contribution in [0.4, 0.5) is 14.6 Å². The number of aromatic nitrogens is 2. The van der Waals surface area contributed by atoms with E-state index in [-0.39, 0.29) is 17.2 Å². The fraction of sp³-hybridized carbons (Fsp3) is 0.409. The molecule has 7 nitrogen and oxygen atoms in total. The quantitative estimate of drug-likeness (QED) is 0.642. The van der Waals surface area contributed by atoms with Gasteiger partial charge in [0.05, 0.1) is 12.8 Å². The first-order chi connectivity index (χ1) is 14.9. The Balaban J connectivity index is 1.72. The van der Waals surface area contributed by atoms with Crippen molar-refractivity contribution in [1.82, 2.24) is 9.55 Å². The Hall–Kier alpha value is -2.69. The van der Waals surface area contributed by atoms with E-state index in [9.17, 15) is 18.4 Å². The summed E-state index contributed by atoms with van der Waals surface area (Å²) < 4.78 is 41.5. The van der Waals surface area contributed by atoms with Gasteiger partial charge in [0, 0.05) is 5.56 Å². The predicted octanol–water partition coefficient (Wildman–Crippen LogP) is 4.41. The summed E-state index contributed by atoms with van der Waals surface area (Å²) in [6.45, 7) is 10.5. The van der Waals surface area contributed by atoms with Crippen LogP contribution in [-0.4, -0.2) is 36.5 Å². The highest BCUT2D eigenvalue weighted by atomic mass is 28.4. The molecule has 1 aliphatic heterocycles. The van der Waals surface area contributed by atoms with E-state index < -0.39 is 49.7 Å². The molecule has 1 amide bonds. The summed E-state index contributed by atoms with van der Waals surface area (Å²) in [6.07, 6.45) is -0.184. The number of hydrogen-bond acceptors (Lipinski definition) is 5. The standard InChI is InChI=1S/C22H27F2N3O4Si/c1-22(2,3)32(4,5)30-13-15-11-16(23)20(31-15)27-12-17(24)18(26-21(27)29)25-19(28)14-9-7-6-8-10-14/h6-12,15,20H,13H2,1-5H3,(H,25,26,28,29)/t15-,20-/m1/s1. The van der Waals surface area contributed by atoms with Gasteiger partial charge in [-0.25, -0.2) is 13.6 Å². The van der Waals surface area contributed by atoms with Crippen LogP contribution >= 0.6 is 0 Å². The minimum Gasteiger partial charge on any atom is -0.414 e. The number of ether oxygens (including phenoxy) is 1. The zero-order valence-electron chi connectivity index (χ0n) is 18.7. The van der Waals surface area contributed by atoms with Crippen LogP contribution < -0.4 is 11.0 Å². The molecule has 1 aromatic heterocycles. The molecule has 3 rings (SSSR count). The fourth-order valence-electron chi connectivity index (χ4n) is 2.79. The van der Waals surface area contributed by atoms with Crippen LogP contribution in [0.2, 0.25) is 18.1 Å². The molecule has 1 aromatic carbocycles. The number of halogens is 2. The molecule has 1 N–H and O–H groups in total. The maximum atomic E-state index is 14.6. The lowest BCUT2D eigenvalue weighted by Crippen LogP contribution is -2.42. The van der Waals surface area contributed by atoms with Crippen molar-refractivity contribution in [1.29, 1.82) is 0 Å². The highest BCUT2D eigenvalue weighted by molar-refractivity contribution is 6.74. The van der Waals surface area contributed by atoms with Crippen LogP contribution in [-0.2, 0) is 9.16 Å². The molecule has 32 heavy (non-hydrogen) atoms. The van der Waals surface area contributed by atoms with Crippen molar-refractivity contribution in [3.05, 3.63) is 70.3 Å². The second-order valence-electron chi connectivity index (χ2n) is 9.10. The van der Waals surface area contributed by atoms with Crippen LogP contribution in [0.3, 0.4) is 0 Å². The Kier molecular flexibility index (Phi) is 6.77. The molecule has 1 aliphatic rings. The van der Waals surface area contributed by atoms with Crippen molar-refractivity contribution in [2.24, 2.45) is 0 Å². The second-order valence-corrected chi connectivity index (χ2v) is 13.9.